The van der Waals surface area contributed by atoms with Gasteiger partial charge in [-0.25, -0.2) is 4.21 Å². The van der Waals surface area contributed by atoms with E-state index in [1.807, 2.05) is 0 Å². The zero-order valence-corrected chi connectivity index (χ0v) is 3.77. The summed E-state index contributed by atoms with van der Waals surface area (Å²) in [5.74, 6) is 0.444. The molecule has 0 N–H and O–H groups in total. The molecule has 0 saturated carbocycles. The minimum atomic E-state index is -1.15. The lowest BCUT2D eigenvalue weighted by molar-refractivity contribution is 0.388. The molecule has 0 fully saturated rings. The highest BCUT2D eigenvalue weighted by molar-refractivity contribution is 7.81. The molecule has 1 aliphatic rings. The van der Waals surface area contributed by atoms with Crippen molar-refractivity contribution in [1.82, 2.24) is 0 Å². The summed E-state index contributed by atoms with van der Waals surface area (Å²) in [6.45, 7) is 0. The van der Waals surface area contributed by atoms with Crippen LogP contribution in [-0.2, 0) is 15.4 Å². The van der Waals surface area contributed by atoms with Gasteiger partial charge in [-0.15, -0.1) is 0 Å². The number of hydrogen-bond acceptors (Lipinski definition) is 3. The van der Waals surface area contributed by atoms with Crippen molar-refractivity contribution in [3.8, 4) is 0 Å². The maximum atomic E-state index is 10.0. The third kappa shape index (κ3) is 0.567. The van der Waals surface area contributed by atoms with Crippen LogP contribution < -0.4 is 0 Å². The molecule has 3 nitrogen and oxygen atoms in total. The summed E-state index contributed by atoms with van der Waals surface area (Å²) in [6.07, 6.45) is 1.48. The van der Waals surface area contributed by atoms with Crippen molar-refractivity contribution in [2.75, 3.05) is 5.75 Å². The number of hydrogen-bond donors (Lipinski definition) is 0. The second-order valence-corrected chi connectivity index (χ2v) is 1.92. The maximum absolute atomic E-state index is 10.0. The second kappa shape index (κ2) is 1.38. The lowest BCUT2D eigenvalue weighted by atomic mass is 10.9. The standard InChI is InChI=1S/C2H3NO2S/c4-6-2-1-3-5-6/h1H,2H2. The first-order chi connectivity index (χ1) is 2.89. The van der Waals surface area contributed by atoms with Crippen LogP contribution >= 0.6 is 0 Å². The molecular weight excluding hydrogens is 102 g/mol. The van der Waals surface area contributed by atoms with Crippen LogP contribution in [0.2, 0.25) is 0 Å². The Morgan fingerprint density at radius 2 is 2.83 bits per heavy atom. The molecular formula is C2H3NO2S. The van der Waals surface area contributed by atoms with Crippen LogP contribution in [0, 0.1) is 0 Å². The fraction of sp³-hybridized carbons (Fsp3) is 0.500. The van der Waals surface area contributed by atoms with E-state index in [0.717, 1.165) is 0 Å². The maximum Gasteiger partial charge on any atom is 0.237 e. The van der Waals surface area contributed by atoms with Crippen molar-refractivity contribution < 1.29 is 8.49 Å². The molecule has 1 unspecified atom stereocenters. The van der Waals surface area contributed by atoms with Crippen LogP contribution in [0.3, 0.4) is 0 Å². The van der Waals surface area contributed by atoms with Gasteiger partial charge in [0.1, 0.15) is 5.75 Å². The zero-order valence-electron chi connectivity index (χ0n) is 2.96. The SMILES string of the molecule is O=S1CC=NO1. The molecule has 1 rings (SSSR count). The Balaban J connectivity index is 2.52. The van der Waals surface area contributed by atoms with Crippen LogP contribution in [0.25, 0.3) is 0 Å². The lowest BCUT2D eigenvalue weighted by Gasteiger charge is -1.76. The molecule has 1 atom stereocenters. The highest BCUT2D eigenvalue weighted by Gasteiger charge is 2.00. The molecule has 0 aromatic carbocycles. The summed E-state index contributed by atoms with van der Waals surface area (Å²) in [5.41, 5.74) is 0. The molecule has 0 aromatic rings. The molecule has 0 saturated heterocycles. The fourth-order valence-electron chi connectivity index (χ4n) is 0.200. The van der Waals surface area contributed by atoms with Crippen LogP contribution in [0.15, 0.2) is 5.16 Å². The minimum Gasteiger partial charge on any atom is -0.292 e. The smallest absolute Gasteiger partial charge is 0.237 e. The number of rotatable bonds is 0. The second-order valence-electron chi connectivity index (χ2n) is 0.833. The van der Waals surface area contributed by atoms with E-state index in [1.165, 1.54) is 6.21 Å². The molecule has 6 heavy (non-hydrogen) atoms. The summed E-state index contributed by atoms with van der Waals surface area (Å²) < 4.78 is 14.2. The topological polar surface area (TPSA) is 38.7 Å². The lowest BCUT2D eigenvalue weighted by Crippen LogP contribution is -1.87. The van der Waals surface area contributed by atoms with Gasteiger partial charge < -0.3 is 0 Å². The van der Waals surface area contributed by atoms with E-state index in [-0.39, 0.29) is 0 Å². The Morgan fingerprint density at radius 3 is 3.00 bits per heavy atom. The molecule has 4 heteroatoms. The van der Waals surface area contributed by atoms with E-state index < -0.39 is 11.1 Å². The van der Waals surface area contributed by atoms with Gasteiger partial charge in [0.05, 0.1) is 6.21 Å². The van der Waals surface area contributed by atoms with Crippen molar-refractivity contribution in [1.29, 1.82) is 0 Å². The van der Waals surface area contributed by atoms with E-state index in [0.29, 0.717) is 5.75 Å². The van der Waals surface area contributed by atoms with Crippen molar-refractivity contribution >= 4 is 17.3 Å². The van der Waals surface area contributed by atoms with Gasteiger partial charge >= 0.3 is 0 Å². The zero-order chi connectivity index (χ0) is 4.41. The summed E-state index contributed by atoms with van der Waals surface area (Å²) in [4.78, 5) is 0. The summed E-state index contributed by atoms with van der Waals surface area (Å²) in [5, 5.41) is 3.24. The highest BCUT2D eigenvalue weighted by atomic mass is 32.2. The molecule has 0 spiro atoms. The third-order valence-corrected chi connectivity index (χ3v) is 1.08. The van der Waals surface area contributed by atoms with Crippen LogP contribution in [0.1, 0.15) is 0 Å². The van der Waals surface area contributed by atoms with Crippen molar-refractivity contribution in [2.45, 2.75) is 0 Å². The summed E-state index contributed by atoms with van der Waals surface area (Å²) in [6, 6.07) is 0. The Hall–Kier alpha value is -0.380. The summed E-state index contributed by atoms with van der Waals surface area (Å²) >= 11 is -1.15. The van der Waals surface area contributed by atoms with Gasteiger partial charge in [-0.1, -0.05) is 5.16 Å². The van der Waals surface area contributed by atoms with Crippen molar-refractivity contribution in [3.05, 3.63) is 0 Å². The first-order valence-corrected chi connectivity index (χ1v) is 2.72. The Labute approximate surface area is 37.6 Å². The van der Waals surface area contributed by atoms with Gasteiger partial charge in [0, 0.05) is 0 Å². The predicted octanol–water partition coefficient (Wildman–Crippen LogP) is -0.334. The van der Waals surface area contributed by atoms with E-state index in [1.54, 1.807) is 0 Å². The first kappa shape index (κ1) is 3.80. The average Bonchev–Trinajstić information content (AvgIpc) is 1.86. The van der Waals surface area contributed by atoms with Crippen LogP contribution in [-0.4, -0.2) is 16.2 Å². The molecule has 0 amide bonds. The average molecular weight is 105 g/mol. The largest absolute Gasteiger partial charge is 0.292 e. The Morgan fingerprint density at radius 1 is 2.00 bits per heavy atom. The molecule has 0 bridgehead atoms. The van der Waals surface area contributed by atoms with E-state index in [4.69, 9.17) is 0 Å². The van der Waals surface area contributed by atoms with E-state index in [9.17, 15) is 4.21 Å². The number of nitrogens with zero attached hydrogens (tertiary/aromatic N) is 1. The van der Waals surface area contributed by atoms with Gasteiger partial charge in [0.25, 0.3) is 0 Å². The number of oxime groups is 1. The quantitative estimate of drug-likeness (QED) is 0.423. The molecule has 0 radical (unpaired) electrons. The van der Waals surface area contributed by atoms with Crippen molar-refractivity contribution in [3.63, 3.8) is 0 Å². The first-order valence-electron chi connectivity index (χ1n) is 1.47. The monoisotopic (exact) mass is 105 g/mol. The van der Waals surface area contributed by atoms with E-state index in [2.05, 4.69) is 9.44 Å². The van der Waals surface area contributed by atoms with Crippen LogP contribution in [0.4, 0.5) is 0 Å². The Kier molecular flexibility index (Phi) is 0.874. The Bertz CT molecular complexity index is 89.7. The normalized spacial score (nSPS) is 30.3. The molecule has 0 aromatic heterocycles. The predicted molar refractivity (Wildman–Crippen MR) is 22.6 cm³/mol. The summed E-state index contributed by atoms with van der Waals surface area (Å²) in [7, 11) is 0. The van der Waals surface area contributed by atoms with Gasteiger partial charge in [-0.05, 0) is 0 Å². The van der Waals surface area contributed by atoms with Gasteiger partial charge in [-0.3, -0.25) is 4.28 Å². The highest BCUT2D eigenvalue weighted by Crippen LogP contribution is 1.90. The van der Waals surface area contributed by atoms with E-state index >= 15 is 0 Å². The fourth-order valence-corrected chi connectivity index (χ4v) is 0.600. The molecule has 0 aliphatic carbocycles. The van der Waals surface area contributed by atoms with Crippen molar-refractivity contribution in [2.24, 2.45) is 5.16 Å². The molecule has 1 heterocycles. The van der Waals surface area contributed by atoms with Gasteiger partial charge in [0.2, 0.25) is 11.1 Å². The van der Waals surface area contributed by atoms with Crippen LogP contribution in [0.5, 0.6) is 0 Å². The van der Waals surface area contributed by atoms with Gasteiger partial charge in [0.15, 0.2) is 0 Å². The minimum absolute atomic E-state index is 0.444. The van der Waals surface area contributed by atoms with Gasteiger partial charge in [-0.2, -0.15) is 0 Å². The molecule has 1 aliphatic heterocycles. The molecule has 34 valence electrons. The third-order valence-electron chi connectivity index (χ3n) is 0.411.